The number of rotatable bonds is 9. The summed E-state index contributed by atoms with van der Waals surface area (Å²) in [5.41, 5.74) is 5.26. The highest BCUT2D eigenvalue weighted by molar-refractivity contribution is 5.79. The minimum Gasteiger partial charge on any atom is -0.400 e. The first-order valence-electron chi connectivity index (χ1n) is 7.05. The molecule has 1 aromatic heterocycles. The van der Waals surface area contributed by atoms with Crippen LogP contribution < -0.4 is 5.73 Å². The van der Waals surface area contributed by atoms with Crippen molar-refractivity contribution in [3.05, 3.63) is 28.0 Å². The van der Waals surface area contributed by atoms with E-state index >= 15 is 0 Å². The Hall–Kier alpha value is -2.42. The van der Waals surface area contributed by atoms with E-state index in [0.717, 1.165) is 31.1 Å². The van der Waals surface area contributed by atoms with Crippen molar-refractivity contribution >= 4 is 18.1 Å². The van der Waals surface area contributed by atoms with Gasteiger partial charge in [0, 0.05) is 6.54 Å². The molecule has 0 aliphatic heterocycles. The van der Waals surface area contributed by atoms with Crippen LogP contribution in [0.2, 0.25) is 0 Å². The molecule has 1 heterocycles. The first kappa shape index (κ1) is 17.6. The van der Waals surface area contributed by atoms with Crippen LogP contribution in [-0.4, -0.2) is 53.3 Å². The van der Waals surface area contributed by atoms with Gasteiger partial charge in [0.05, 0.1) is 12.3 Å². The fraction of sp³-hybridized carbons (Fsp3) is 0.538. The van der Waals surface area contributed by atoms with Gasteiger partial charge in [-0.3, -0.25) is 10.1 Å². The Morgan fingerprint density at radius 2 is 2.09 bits per heavy atom. The molecule has 9 heteroatoms. The topological polar surface area (TPSA) is 118 Å². The molecule has 0 fully saturated rings. The molecule has 2 amide bonds. The summed E-state index contributed by atoms with van der Waals surface area (Å²) in [6.45, 7) is 7.21. The minimum atomic E-state index is -0.683. The van der Waals surface area contributed by atoms with E-state index in [2.05, 4.69) is 23.8 Å². The maximum Gasteiger partial charge on any atom is 0.433 e. The fourth-order valence-corrected chi connectivity index (χ4v) is 1.85. The summed E-state index contributed by atoms with van der Waals surface area (Å²) < 4.78 is 4.92. The average molecular weight is 311 g/mol. The number of amides is 2. The van der Waals surface area contributed by atoms with Crippen molar-refractivity contribution in [1.82, 2.24) is 9.91 Å². The van der Waals surface area contributed by atoms with Gasteiger partial charge in [0.15, 0.2) is 5.76 Å². The second-order valence-electron chi connectivity index (χ2n) is 4.52. The number of nitro groups is 1. The van der Waals surface area contributed by atoms with Crippen molar-refractivity contribution < 1.29 is 14.1 Å². The van der Waals surface area contributed by atoms with Crippen LogP contribution in [0.5, 0.6) is 0 Å². The zero-order valence-corrected chi connectivity index (χ0v) is 12.8. The quantitative estimate of drug-likeness (QED) is 0.422. The van der Waals surface area contributed by atoms with Crippen LogP contribution in [0.4, 0.5) is 10.7 Å². The van der Waals surface area contributed by atoms with Gasteiger partial charge in [0.2, 0.25) is 0 Å². The minimum absolute atomic E-state index is 0.182. The van der Waals surface area contributed by atoms with Gasteiger partial charge < -0.3 is 15.1 Å². The largest absolute Gasteiger partial charge is 0.433 e. The van der Waals surface area contributed by atoms with E-state index in [0.29, 0.717) is 6.54 Å². The fourth-order valence-electron chi connectivity index (χ4n) is 1.85. The Morgan fingerprint density at radius 3 is 2.59 bits per heavy atom. The number of urea groups is 1. The van der Waals surface area contributed by atoms with Crippen LogP contribution in [0.1, 0.15) is 26.0 Å². The van der Waals surface area contributed by atoms with Gasteiger partial charge in [-0.05, 0) is 32.1 Å². The first-order chi connectivity index (χ1) is 10.5. The van der Waals surface area contributed by atoms with Crippen LogP contribution in [0.15, 0.2) is 21.7 Å². The summed E-state index contributed by atoms with van der Waals surface area (Å²) in [6, 6.07) is 1.93. The first-order valence-corrected chi connectivity index (χ1v) is 7.05. The lowest BCUT2D eigenvalue weighted by atomic mass is 10.3. The molecule has 0 saturated carbocycles. The molecule has 0 saturated heterocycles. The smallest absolute Gasteiger partial charge is 0.400 e. The number of hydrazone groups is 1. The van der Waals surface area contributed by atoms with Crippen LogP contribution in [0.25, 0.3) is 0 Å². The number of nitrogens with two attached hydrogens (primary N) is 1. The monoisotopic (exact) mass is 311 g/mol. The summed E-state index contributed by atoms with van der Waals surface area (Å²) >= 11 is 0. The van der Waals surface area contributed by atoms with Crippen LogP contribution in [0.3, 0.4) is 0 Å². The maximum absolute atomic E-state index is 11.3. The Labute approximate surface area is 128 Å². The molecule has 0 aromatic carbocycles. The molecule has 0 aliphatic rings. The van der Waals surface area contributed by atoms with Crippen molar-refractivity contribution in [2.24, 2.45) is 10.8 Å². The third kappa shape index (κ3) is 5.52. The summed E-state index contributed by atoms with van der Waals surface area (Å²) in [5, 5.41) is 15.5. The summed E-state index contributed by atoms with van der Waals surface area (Å²) in [6.07, 6.45) is 1.95. The predicted molar refractivity (Wildman–Crippen MR) is 81.7 cm³/mol. The average Bonchev–Trinajstić information content (AvgIpc) is 2.95. The molecule has 122 valence electrons. The van der Waals surface area contributed by atoms with Crippen LogP contribution in [0, 0.1) is 10.1 Å². The summed E-state index contributed by atoms with van der Waals surface area (Å²) in [5.74, 6) is -0.199. The highest BCUT2D eigenvalue weighted by Gasteiger charge is 2.12. The molecule has 1 rings (SSSR count). The molecule has 0 aliphatic carbocycles. The van der Waals surface area contributed by atoms with Crippen molar-refractivity contribution in [2.45, 2.75) is 20.3 Å². The SMILES string of the molecule is CCN(CC)CCCN(/N=C/c1ccc([N+](=O)[O-])o1)C(N)=O. The van der Waals surface area contributed by atoms with E-state index in [1.54, 1.807) is 0 Å². The molecule has 1 aromatic rings. The summed E-state index contributed by atoms with van der Waals surface area (Å²) in [7, 11) is 0. The maximum atomic E-state index is 11.3. The number of hydrogen-bond acceptors (Lipinski definition) is 6. The van der Waals surface area contributed by atoms with Gasteiger partial charge in [-0.25, -0.2) is 9.80 Å². The lowest BCUT2D eigenvalue weighted by Gasteiger charge is -2.20. The predicted octanol–water partition coefficient (Wildman–Crippen LogP) is 1.63. The lowest BCUT2D eigenvalue weighted by Crippen LogP contribution is -2.34. The number of primary amides is 1. The zero-order valence-electron chi connectivity index (χ0n) is 12.8. The highest BCUT2D eigenvalue weighted by atomic mass is 16.6. The van der Waals surface area contributed by atoms with Crippen molar-refractivity contribution in [1.29, 1.82) is 0 Å². The molecule has 0 atom stereocenters. The van der Waals surface area contributed by atoms with E-state index < -0.39 is 11.0 Å². The molecule has 2 N–H and O–H groups in total. The summed E-state index contributed by atoms with van der Waals surface area (Å²) in [4.78, 5) is 23.4. The number of carbonyl (C=O) groups is 1. The standard InChI is InChI=1S/C13H21N5O4/c1-3-16(4-2)8-5-9-17(13(14)19)15-10-11-6-7-12(22-11)18(20)21/h6-7,10H,3-5,8-9H2,1-2H3,(H2,14,19)/b15-10+. The number of carbonyl (C=O) groups excluding carboxylic acids is 1. The van der Waals surface area contributed by atoms with Crippen LogP contribution >= 0.6 is 0 Å². The molecular weight excluding hydrogens is 290 g/mol. The van der Waals surface area contributed by atoms with Gasteiger partial charge in [0.25, 0.3) is 0 Å². The molecule has 0 bridgehead atoms. The van der Waals surface area contributed by atoms with Gasteiger partial charge >= 0.3 is 11.9 Å². The van der Waals surface area contributed by atoms with E-state index in [-0.39, 0.29) is 11.6 Å². The van der Waals surface area contributed by atoms with E-state index in [4.69, 9.17) is 10.2 Å². The Balaban J connectivity index is 2.57. The Kier molecular flexibility index (Phi) is 7.03. The number of hydrogen-bond donors (Lipinski definition) is 1. The molecule has 0 radical (unpaired) electrons. The molecule has 9 nitrogen and oxygen atoms in total. The molecule has 0 spiro atoms. The zero-order chi connectivity index (χ0) is 16.5. The molecular formula is C13H21N5O4. The van der Waals surface area contributed by atoms with Gasteiger partial charge in [0.1, 0.15) is 4.92 Å². The number of nitrogens with zero attached hydrogens (tertiary/aromatic N) is 4. The van der Waals surface area contributed by atoms with Gasteiger partial charge in [-0.15, -0.1) is 0 Å². The van der Waals surface area contributed by atoms with Gasteiger partial charge in [-0.2, -0.15) is 5.10 Å². The normalized spacial score (nSPS) is 11.2. The van der Waals surface area contributed by atoms with Crippen molar-refractivity contribution in [3.8, 4) is 0 Å². The van der Waals surface area contributed by atoms with Crippen molar-refractivity contribution in [3.63, 3.8) is 0 Å². The van der Waals surface area contributed by atoms with E-state index in [9.17, 15) is 14.9 Å². The molecule has 0 unspecified atom stereocenters. The Morgan fingerprint density at radius 1 is 1.41 bits per heavy atom. The van der Waals surface area contributed by atoms with Crippen LogP contribution in [-0.2, 0) is 0 Å². The molecule has 22 heavy (non-hydrogen) atoms. The highest BCUT2D eigenvalue weighted by Crippen LogP contribution is 2.14. The number of furan rings is 1. The van der Waals surface area contributed by atoms with E-state index in [1.807, 2.05) is 0 Å². The third-order valence-corrected chi connectivity index (χ3v) is 3.11. The lowest BCUT2D eigenvalue weighted by molar-refractivity contribution is -0.402. The van der Waals surface area contributed by atoms with Gasteiger partial charge in [-0.1, -0.05) is 13.8 Å². The Bertz CT molecular complexity index is 524. The van der Waals surface area contributed by atoms with E-state index in [1.165, 1.54) is 18.3 Å². The second kappa shape index (κ2) is 8.78. The second-order valence-corrected chi connectivity index (χ2v) is 4.52. The third-order valence-electron chi connectivity index (χ3n) is 3.11. The van der Waals surface area contributed by atoms with Crippen molar-refractivity contribution in [2.75, 3.05) is 26.2 Å².